The van der Waals surface area contributed by atoms with Gasteiger partial charge in [0.15, 0.2) is 5.13 Å². The highest BCUT2D eigenvalue weighted by molar-refractivity contribution is 7.13. The van der Waals surface area contributed by atoms with E-state index in [-0.39, 0.29) is 11.8 Å². The zero-order chi connectivity index (χ0) is 15.8. The van der Waals surface area contributed by atoms with Crippen LogP contribution in [0.3, 0.4) is 0 Å². The number of amides is 2. The van der Waals surface area contributed by atoms with Gasteiger partial charge in [0.05, 0.1) is 13.1 Å². The third kappa shape index (κ3) is 5.55. The van der Waals surface area contributed by atoms with Crippen LogP contribution in [0.25, 0.3) is 0 Å². The van der Waals surface area contributed by atoms with Crippen LogP contribution in [0.5, 0.6) is 0 Å². The van der Waals surface area contributed by atoms with Crippen molar-refractivity contribution in [1.82, 2.24) is 20.1 Å². The average Bonchev–Trinajstić information content (AvgIpc) is 3.00. The minimum absolute atomic E-state index is 0.00913. The standard InChI is InChI=1S/C14H21N5O2S/c1-2-3-15-12(20)10-18-5-7-19(8-6-18)11-13(21)17-14-16-4-9-22-14/h2,4,9H,1,3,5-8,10-11H2,(H,15,20)(H,16,17,21). The maximum absolute atomic E-state index is 11.9. The van der Waals surface area contributed by atoms with Gasteiger partial charge in [-0.15, -0.1) is 17.9 Å². The lowest BCUT2D eigenvalue weighted by Gasteiger charge is -2.33. The molecule has 0 spiro atoms. The molecule has 2 amide bonds. The number of hydrogen-bond acceptors (Lipinski definition) is 6. The molecular weight excluding hydrogens is 302 g/mol. The van der Waals surface area contributed by atoms with Crippen LogP contribution < -0.4 is 10.6 Å². The molecule has 2 rings (SSSR count). The highest BCUT2D eigenvalue weighted by Crippen LogP contribution is 2.10. The Hall–Kier alpha value is -1.77. The Labute approximate surface area is 134 Å². The zero-order valence-corrected chi connectivity index (χ0v) is 13.3. The second kappa shape index (κ2) is 8.62. The van der Waals surface area contributed by atoms with Crippen LogP contribution >= 0.6 is 11.3 Å². The van der Waals surface area contributed by atoms with Gasteiger partial charge in [0, 0.05) is 44.3 Å². The quantitative estimate of drug-likeness (QED) is 0.691. The molecular formula is C14H21N5O2S. The number of aromatic nitrogens is 1. The summed E-state index contributed by atoms with van der Waals surface area (Å²) in [5, 5.41) is 7.99. The van der Waals surface area contributed by atoms with E-state index in [0.29, 0.717) is 24.8 Å². The summed E-state index contributed by atoms with van der Waals surface area (Å²) < 4.78 is 0. The molecule has 1 aliphatic heterocycles. The number of carbonyl (C=O) groups excluding carboxylic acids is 2. The molecule has 22 heavy (non-hydrogen) atoms. The second-order valence-corrected chi connectivity index (χ2v) is 5.93. The van der Waals surface area contributed by atoms with Crippen molar-refractivity contribution in [3.05, 3.63) is 24.2 Å². The molecule has 1 aliphatic rings. The summed E-state index contributed by atoms with van der Waals surface area (Å²) in [5.41, 5.74) is 0. The molecule has 0 aliphatic carbocycles. The summed E-state index contributed by atoms with van der Waals surface area (Å²) in [6, 6.07) is 0. The fraction of sp³-hybridized carbons (Fsp3) is 0.500. The van der Waals surface area contributed by atoms with Crippen molar-refractivity contribution in [2.24, 2.45) is 0 Å². The molecule has 2 N–H and O–H groups in total. The predicted molar refractivity (Wildman–Crippen MR) is 86.8 cm³/mol. The Bertz CT molecular complexity index is 497. The summed E-state index contributed by atoms with van der Waals surface area (Å²) in [5.74, 6) is -0.0398. The van der Waals surface area contributed by atoms with Crippen LogP contribution in [-0.4, -0.2) is 72.4 Å². The maximum Gasteiger partial charge on any atom is 0.240 e. The van der Waals surface area contributed by atoms with Gasteiger partial charge < -0.3 is 10.6 Å². The third-order valence-electron chi connectivity index (χ3n) is 3.32. The minimum atomic E-state index is -0.0490. The topological polar surface area (TPSA) is 77.6 Å². The van der Waals surface area contributed by atoms with Gasteiger partial charge in [-0.1, -0.05) is 6.08 Å². The highest BCUT2D eigenvalue weighted by Gasteiger charge is 2.20. The van der Waals surface area contributed by atoms with Crippen molar-refractivity contribution >= 4 is 28.3 Å². The van der Waals surface area contributed by atoms with Gasteiger partial charge in [0.2, 0.25) is 11.8 Å². The Morgan fingerprint density at radius 3 is 2.41 bits per heavy atom. The average molecular weight is 323 g/mol. The van der Waals surface area contributed by atoms with E-state index in [2.05, 4.69) is 32.0 Å². The molecule has 0 radical (unpaired) electrons. The van der Waals surface area contributed by atoms with E-state index >= 15 is 0 Å². The first-order valence-corrected chi connectivity index (χ1v) is 8.07. The van der Waals surface area contributed by atoms with E-state index in [1.165, 1.54) is 11.3 Å². The predicted octanol–water partition coefficient (Wildman–Crippen LogP) is 0.00140. The molecule has 1 saturated heterocycles. The van der Waals surface area contributed by atoms with Gasteiger partial charge in [-0.25, -0.2) is 4.98 Å². The lowest BCUT2D eigenvalue weighted by atomic mass is 10.3. The van der Waals surface area contributed by atoms with Crippen molar-refractivity contribution in [3.63, 3.8) is 0 Å². The largest absolute Gasteiger partial charge is 0.352 e. The number of carbonyl (C=O) groups is 2. The first-order chi connectivity index (χ1) is 10.7. The van der Waals surface area contributed by atoms with Crippen molar-refractivity contribution in [2.75, 3.05) is 51.1 Å². The number of thiazole rings is 1. The van der Waals surface area contributed by atoms with Gasteiger partial charge in [0.25, 0.3) is 0 Å². The molecule has 0 saturated carbocycles. The fourth-order valence-corrected chi connectivity index (χ4v) is 2.74. The third-order valence-corrected chi connectivity index (χ3v) is 4.01. The number of piperazine rings is 1. The van der Waals surface area contributed by atoms with Gasteiger partial charge in [0.1, 0.15) is 0 Å². The number of hydrogen-bond donors (Lipinski definition) is 2. The molecule has 2 heterocycles. The Balaban J connectivity index is 1.65. The van der Waals surface area contributed by atoms with Crippen LogP contribution in [0.15, 0.2) is 24.2 Å². The first-order valence-electron chi connectivity index (χ1n) is 7.19. The maximum atomic E-state index is 11.9. The molecule has 1 aromatic heterocycles. The lowest BCUT2D eigenvalue weighted by Crippen LogP contribution is -2.51. The molecule has 1 fully saturated rings. The van der Waals surface area contributed by atoms with Crippen LogP contribution in [0.2, 0.25) is 0 Å². The van der Waals surface area contributed by atoms with E-state index in [4.69, 9.17) is 0 Å². The summed E-state index contributed by atoms with van der Waals surface area (Å²) in [6.45, 7) is 7.94. The fourth-order valence-electron chi connectivity index (χ4n) is 2.20. The van der Waals surface area contributed by atoms with Crippen molar-refractivity contribution in [1.29, 1.82) is 0 Å². The van der Waals surface area contributed by atoms with Crippen LogP contribution in [0.1, 0.15) is 0 Å². The van der Waals surface area contributed by atoms with E-state index in [1.54, 1.807) is 12.3 Å². The molecule has 7 nitrogen and oxygen atoms in total. The molecule has 1 aromatic rings. The molecule has 0 bridgehead atoms. The smallest absolute Gasteiger partial charge is 0.240 e. The minimum Gasteiger partial charge on any atom is -0.352 e. The number of nitrogens with zero attached hydrogens (tertiary/aromatic N) is 3. The van der Waals surface area contributed by atoms with Gasteiger partial charge in [-0.3, -0.25) is 19.4 Å². The van der Waals surface area contributed by atoms with Crippen LogP contribution in [0, 0.1) is 0 Å². The molecule has 0 atom stereocenters. The summed E-state index contributed by atoms with van der Waals surface area (Å²) >= 11 is 1.41. The molecule has 0 unspecified atom stereocenters. The molecule has 0 aromatic carbocycles. The first kappa shape index (κ1) is 16.6. The zero-order valence-electron chi connectivity index (χ0n) is 12.5. The van der Waals surface area contributed by atoms with E-state index < -0.39 is 0 Å². The van der Waals surface area contributed by atoms with Crippen LogP contribution in [0.4, 0.5) is 5.13 Å². The lowest BCUT2D eigenvalue weighted by molar-refractivity contribution is -0.123. The molecule has 8 heteroatoms. The van der Waals surface area contributed by atoms with Crippen LogP contribution in [-0.2, 0) is 9.59 Å². The van der Waals surface area contributed by atoms with Gasteiger partial charge in [-0.2, -0.15) is 0 Å². The normalized spacial score (nSPS) is 16.2. The number of nitrogens with one attached hydrogen (secondary N) is 2. The Morgan fingerprint density at radius 2 is 1.86 bits per heavy atom. The number of rotatable bonds is 7. The summed E-state index contributed by atoms with van der Waals surface area (Å²) in [4.78, 5) is 31.7. The van der Waals surface area contributed by atoms with Crippen molar-refractivity contribution < 1.29 is 9.59 Å². The monoisotopic (exact) mass is 323 g/mol. The highest BCUT2D eigenvalue weighted by atomic mass is 32.1. The Morgan fingerprint density at radius 1 is 1.23 bits per heavy atom. The van der Waals surface area contributed by atoms with Crippen molar-refractivity contribution in [3.8, 4) is 0 Å². The molecule has 120 valence electrons. The number of anilines is 1. The Kier molecular flexibility index (Phi) is 6.50. The van der Waals surface area contributed by atoms with Gasteiger partial charge >= 0.3 is 0 Å². The van der Waals surface area contributed by atoms with Gasteiger partial charge in [-0.05, 0) is 0 Å². The van der Waals surface area contributed by atoms with E-state index in [9.17, 15) is 9.59 Å². The SMILES string of the molecule is C=CCNC(=O)CN1CCN(CC(=O)Nc2nccs2)CC1. The summed E-state index contributed by atoms with van der Waals surface area (Å²) in [6.07, 6.45) is 3.33. The van der Waals surface area contributed by atoms with Crippen molar-refractivity contribution in [2.45, 2.75) is 0 Å². The second-order valence-electron chi connectivity index (χ2n) is 5.03. The summed E-state index contributed by atoms with van der Waals surface area (Å²) in [7, 11) is 0. The van der Waals surface area contributed by atoms with E-state index in [1.807, 2.05) is 5.38 Å². The van der Waals surface area contributed by atoms with E-state index in [0.717, 1.165) is 26.2 Å².